The lowest BCUT2D eigenvalue weighted by Gasteiger charge is -2.39. The van der Waals surface area contributed by atoms with E-state index in [2.05, 4.69) is 94.1 Å². The third kappa shape index (κ3) is 5.41. The molecule has 0 spiro atoms. The lowest BCUT2D eigenvalue weighted by atomic mass is 9.96. The largest absolute Gasteiger partial charge is 0.364 e. The van der Waals surface area contributed by atoms with Crippen LogP contribution in [-0.4, -0.2) is 48.6 Å². The highest BCUT2D eigenvalue weighted by molar-refractivity contribution is 5.80. The molecule has 0 radical (unpaired) electrons. The van der Waals surface area contributed by atoms with Gasteiger partial charge in [0.15, 0.2) is 5.96 Å². The zero-order valence-corrected chi connectivity index (χ0v) is 19.8. The Morgan fingerprint density at radius 1 is 0.909 bits per heavy atom. The van der Waals surface area contributed by atoms with E-state index in [1.807, 2.05) is 0 Å². The van der Waals surface area contributed by atoms with E-state index < -0.39 is 0 Å². The summed E-state index contributed by atoms with van der Waals surface area (Å²) in [5.74, 6) is 0.950. The Kier molecular flexibility index (Phi) is 6.96. The Labute approximate surface area is 198 Å². The second-order valence-corrected chi connectivity index (χ2v) is 9.59. The summed E-state index contributed by atoms with van der Waals surface area (Å²) in [5.41, 5.74) is 3.97. The molecule has 5 rings (SSSR count). The maximum absolute atomic E-state index is 4.92. The summed E-state index contributed by atoms with van der Waals surface area (Å²) in [4.78, 5) is 10.0. The van der Waals surface area contributed by atoms with Crippen molar-refractivity contribution in [3.8, 4) is 0 Å². The minimum absolute atomic E-state index is 0.498. The summed E-state index contributed by atoms with van der Waals surface area (Å²) < 4.78 is 0. The Balaban J connectivity index is 1.17. The first-order chi connectivity index (χ1) is 16.3. The summed E-state index contributed by atoms with van der Waals surface area (Å²) in [7, 11) is 0. The van der Waals surface area contributed by atoms with Crippen molar-refractivity contribution < 1.29 is 0 Å². The first-order valence-corrected chi connectivity index (χ1v) is 12.6. The predicted octanol–water partition coefficient (Wildman–Crippen LogP) is 4.31. The summed E-state index contributed by atoms with van der Waals surface area (Å²) in [5, 5.41) is 7.23. The minimum Gasteiger partial charge on any atom is -0.364 e. The van der Waals surface area contributed by atoms with Gasteiger partial charge in [-0.25, -0.2) is 4.99 Å². The average molecular weight is 444 g/mol. The maximum Gasteiger partial charge on any atom is 0.191 e. The topological polar surface area (TPSA) is 42.9 Å². The van der Waals surface area contributed by atoms with Crippen molar-refractivity contribution in [2.75, 3.05) is 24.5 Å². The Hall–Kier alpha value is -2.79. The molecule has 0 saturated carbocycles. The van der Waals surface area contributed by atoms with Crippen molar-refractivity contribution >= 4 is 11.6 Å². The molecular formula is C28H37N5. The van der Waals surface area contributed by atoms with Gasteiger partial charge < -0.3 is 15.5 Å². The second-order valence-electron chi connectivity index (χ2n) is 9.59. The molecule has 2 bridgehead atoms. The van der Waals surface area contributed by atoms with E-state index in [9.17, 15) is 0 Å². The van der Waals surface area contributed by atoms with Gasteiger partial charge in [0.2, 0.25) is 0 Å². The van der Waals surface area contributed by atoms with Crippen LogP contribution >= 0.6 is 0 Å². The van der Waals surface area contributed by atoms with Gasteiger partial charge in [0.05, 0.1) is 6.54 Å². The van der Waals surface area contributed by atoms with Crippen molar-refractivity contribution in [1.82, 2.24) is 15.5 Å². The van der Waals surface area contributed by atoms with E-state index in [4.69, 9.17) is 4.99 Å². The highest BCUT2D eigenvalue weighted by Crippen LogP contribution is 2.36. The van der Waals surface area contributed by atoms with E-state index in [0.717, 1.165) is 32.1 Å². The van der Waals surface area contributed by atoms with Gasteiger partial charge in [0.1, 0.15) is 0 Å². The van der Waals surface area contributed by atoms with E-state index in [1.165, 1.54) is 42.5 Å². The number of hydrogen-bond acceptors (Lipinski definition) is 3. The highest BCUT2D eigenvalue weighted by Gasteiger charge is 2.40. The molecule has 2 atom stereocenters. The Morgan fingerprint density at radius 2 is 1.61 bits per heavy atom. The minimum atomic E-state index is 0.498. The summed E-state index contributed by atoms with van der Waals surface area (Å²) in [6.07, 6.45) is 9.50. The molecule has 2 aromatic carbocycles. The SMILES string of the molecule is CCNC(=NCc1ccc(N2CC=CC2)cc1)NC1CC2CCC(C1)N2Cc1ccccc1. The molecule has 5 heteroatoms. The summed E-state index contributed by atoms with van der Waals surface area (Å²) >= 11 is 0. The van der Waals surface area contributed by atoms with Crippen LogP contribution in [0.15, 0.2) is 71.7 Å². The molecule has 3 aliphatic rings. The van der Waals surface area contributed by atoms with E-state index in [1.54, 1.807) is 0 Å². The summed E-state index contributed by atoms with van der Waals surface area (Å²) in [6, 6.07) is 21.6. The van der Waals surface area contributed by atoms with Gasteiger partial charge in [-0.15, -0.1) is 0 Å². The average Bonchev–Trinajstić information content (AvgIpc) is 3.45. The monoisotopic (exact) mass is 443 g/mol. The summed E-state index contributed by atoms with van der Waals surface area (Å²) in [6.45, 7) is 6.83. The Bertz CT molecular complexity index is 930. The molecule has 3 aliphatic heterocycles. The third-order valence-electron chi connectivity index (χ3n) is 7.32. The number of nitrogens with one attached hydrogen (secondary N) is 2. The van der Waals surface area contributed by atoms with Crippen molar-refractivity contribution in [3.05, 3.63) is 77.9 Å². The number of hydrogen-bond donors (Lipinski definition) is 2. The van der Waals surface area contributed by atoms with Gasteiger partial charge in [-0.3, -0.25) is 4.90 Å². The lowest BCUT2D eigenvalue weighted by Crippen LogP contribution is -2.52. The molecular weight excluding hydrogens is 406 g/mol. The Morgan fingerprint density at radius 3 is 2.27 bits per heavy atom. The number of piperidine rings is 1. The molecule has 0 amide bonds. The van der Waals surface area contributed by atoms with Crippen LogP contribution in [0.5, 0.6) is 0 Å². The van der Waals surface area contributed by atoms with Crippen LogP contribution < -0.4 is 15.5 Å². The van der Waals surface area contributed by atoms with E-state index in [0.29, 0.717) is 24.7 Å². The smallest absolute Gasteiger partial charge is 0.191 e. The molecule has 2 fully saturated rings. The molecule has 0 aliphatic carbocycles. The first kappa shape index (κ1) is 22.0. The second kappa shape index (κ2) is 10.4. The van der Waals surface area contributed by atoms with Gasteiger partial charge >= 0.3 is 0 Å². The molecule has 0 aromatic heterocycles. The zero-order valence-electron chi connectivity index (χ0n) is 19.8. The molecule has 174 valence electrons. The third-order valence-corrected chi connectivity index (χ3v) is 7.32. The van der Waals surface area contributed by atoms with Crippen LogP contribution in [0.25, 0.3) is 0 Å². The van der Waals surface area contributed by atoms with E-state index >= 15 is 0 Å². The van der Waals surface area contributed by atoms with Gasteiger partial charge in [-0.1, -0.05) is 54.6 Å². The first-order valence-electron chi connectivity index (χ1n) is 12.6. The van der Waals surface area contributed by atoms with Gasteiger partial charge in [-0.05, 0) is 55.9 Å². The van der Waals surface area contributed by atoms with Crippen LogP contribution in [0.4, 0.5) is 5.69 Å². The van der Waals surface area contributed by atoms with Gasteiger partial charge in [0.25, 0.3) is 0 Å². The fraction of sp³-hybridized carbons (Fsp3) is 0.464. The number of benzene rings is 2. The van der Waals surface area contributed by atoms with E-state index in [-0.39, 0.29) is 0 Å². The number of aliphatic imine (C=N–C) groups is 1. The normalized spacial score (nSPS) is 24.9. The van der Waals surface area contributed by atoms with Crippen molar-refractivity contribution in [1.29, 1.82) is 0 Å². The number of nitrogens with zero attached hydrogens (tertiary/aromatic N) is 3. The number of anilines is 1. The molecule has 2 N–H and O–H groups in total. The molecule has 33 heavy (non-hydrogen) atoms. The molecule has 3 heterocycles. The fourth-order valence-corrected chi connectivity index (χ4v) is 5.63. The zero-order chi connectivity index (χ0) is 22.5. The van der Waals surface area contributed by atoms with Crippen molar-refractivity contribution in [2.24, 2.45) is 4.99 Å². The standard InChI is InChI=1S/C28H37N5/c1-2-29-28(30-20-22-10-12-25(13-11-22)32-16-6-7-17-32)31-24-18-26-14-15-27(19-24)33(26)21-23-8-4-3-5-9-23/h3-13,24,26-27H,2,14-21H2,1H3,(H2,29,30,31). The number of guanidine groups is 1. The molecule has 5 nitrogen and oxygen atoms in total. The van der Waals surface area contributed by atoms with Gasteiger partial charge in [-0.2, -0.15) is 0 Å². The quantitative estimate of drug-likeness (QED) is 0.380. The van der Waals surface area contributed by atoms with Crippen LogP contribution in [0, 0.1) is 0 Å². The highest BCUT2D eigenvalue weighted by atomic mass is 15.3. The number of fused-ring (bicyclic) bond motifs is 2. The van der Waals surface area contributed by atoms with Crippen LogP contribution in [0.2, 0.25) is 0 Å². The van der Waals surface area contributed by atoms with Crippen LogP contribution in [0.3, 0.4) is 0 Å². The van der Waals surface area contributed by atoms with Gasteiger partial charge in [0, 0.05) is 50.0 Å². The molecule has 2 unspecified atom stereocenters. The molecule has 2 saturated heterocycles. The molecule has 2 aromatic rings. The van der Waals surface area contributed by atoms with Crippen LogP contribution in [0.1, 0.15) is 43.7 Å². The van der Waals surface area contributed by atoms with Crippen molar-refractivity contribution in [3.63, 3.8) is 0 Å². The maximum atomic E-state index is 4.92. The van der Waals surface area contributed by atoms with Crippen molar-refractivity contribution in [2.45, 2.75) is 63.8 Å². The fourth-order valence-electron chi connectivity index (χ4n) is 5.63. The number of rotatable bonds is 7. The predicted molar refractivity (Wildman–Crippen MR) is 138 cm³/mol. The lowest BCUT2D eigenvalue weighted by molar-refractivity contribution is 0.114. The van der Waals surface area contributed by atoms with Crippen LogP contribution in [-0.2, 0) is 13.1 Å².